The maximum absolute atomic E-state index is 12.2. The molecule has 0 saturated carbocycles. The molecule has 136 valence electrons. The molecule has 0 radical (unpaired) electrons. The van der Waals surface area contributed by atoms with E-state index in [1.54, 1.807) is 42.5 Å². The van der Waals surface area contributed by atoms with Gasteiger partial charge in [-0.1, -0.05) is 35.9 Å². The lowest BCUT2D eigenvalue weighted by molar-refractivity contribution is 0.0664. The summed E-state index contributed by atoms with van der Waals surface area (Å²) < 4.78 is 26.8. The smallest absolute Gasteiger partial charge is 0.261 e. The highest BCUT2D eigenvalue weighted by molar-refractivity contribution is 7.89. The number of benzene rings is 2. The minimum Gasteiger partial charge on any atom is -0.273 e. The van der Waals surface area contributed by atoms with E-state index in [1.807, 2.05) is 6.07 Å². The third kappa shape index (κ3) is 4.12. The van der Waals surface area contributed by atoms with Crippen LogP contribution in [0.2, 0.25) is 5.02 Å². The molecule has 0 saturated heterocycles. The van der Waals surface area contributed by atoms with Crippen LogP contribution in [-0.2, 0) is 16.4 Å². The summed E-state index contributed by atoms with van der Waals surface area (Å²) in [5, 5.41) is 0.594. The van der Waals surface area contributed by atoms with Crippen LogP contribution in [0.3, 0.4) is 0 Å². The van der Waals surface area contributed by atoms with Gasteiger partial charge in [-0.2, -0.15) is 0 Å². The van der Waals surface area contributed by atoms with E-state index in [0.717, 1.165) is 10.5 Å². The van der Waals surface area contributed by atoms with Crippen molar-refractivity contribution in [2.45, 2.75) is 6.42 Å². The SMILES string of the molecule is O=C1c2ccccc2C(=O)N1CCS(=O)(=O)NCCc1cccc(Cl)c1. The lowest BCUT2D eigenvalue weighted by Gasteiger charge is -2.14. The first kappa shape index (κ1) is 18.6. The molecule has 1 N–H and O–H groups in total. The van der Waals surface area contributed by atoms with Crippen molar-refractivity contribution in [3.05, 3.63) is 70.2 Å². The molecule has 0 bridgehead atoms. The Morgan fingerprint density at radius 1 is 0.962 bits per heavy atom. The molecule has 8 heteroatoms. The quantitative estimate of drug-likeness (QED) is 0.731. The number of carbonyl (C=O) groups is 2. The Balaban J connectivity index is 1.54. The zero-order valence-corrected chi connectivity index (χ0v) is 15.4. The molecule has 2 aromatic rings. The summed E-state index contributed by atoms with van der Waals surface area (Å²) in [6.45, 7) is 0.0314. The number of fused-ring (bicyclic) bond motifs is 1. The van der Waals surface area contributed by atoms with Gasteiger partial charge in [0.05, 0.1) is 16.9 Å². The first-order chi connectivity index (χ1) is 12.4. The number of carbonyl (C=O) groups excluding carboxylic acids is 2. The Bertz CT molecular complexity index is 924. The van der Waals surface area contributed by atoms with Gasteiger partial charge in [0, 0.05) is 18.1 Å². The number of nitrogens with zero attached hydrogens (tertiary/aromatic N) is 1. The molecule has 2 aromatic carbocycles. The molecule has 1 aliphatic heterocycles. The summed E-state index contributed by atoms with van der Waals surface area (Å²) in [6.07, 6.45) is 0.493. The van der Waals surface area contributed by atoms with Gasteiger partial charge in [0.2, 0.25) is 10.0 Å². The third-order valence-electron chi connectivity index (χ3n) is 4.09. The second kappa shape index (κ2) is 7.57. The molecule has 1 aliphatic rings. The molecule has 0 unspecified atom stereocenters. The largest absolute Gasteiger partial charge is 0.273 e. The lowest BCUT2D eigenvalue weighted by Crippen LogP contribution is -2.38. The van der Waals surface area contributed by atoms with E-state index in [1.165, 1.54) is 0 Å². The summed E-state index contributed by atoms with van der Waals surface area (Å²) in [7, 11) is -3.61. The number of halogens is 1. The normalized spacial score (nSPS) is 14.0. The van der Waals surface area contributed by atoms with Crippen LogP contribution in [0.1, 0.15) is 26.3 Å². The van der Waals surface area contributed by atoms with Crippen LogP contribution in [-0.4, -0.2) is 44.0 Å². The molecular formula is C18H17ClN2O4S. The Morgan fingerprint density at radius 2 is 1.62 bits per heavy atom. The number of rotatable bonds is 7. The molecule has 0 fully saturated rings. The second-order valence-electron chi connectivity index (χ2n) is 5.90. The van der Waals surface area contributed by atoms with Crippen molar-refractivity contribution in [3.63, 3.8) is 0 Å². The first-order valence-electron chi connectivity index (χ1n) is 8.04. The number of imide groups is 1. The van der Waals surface area contributed by atoms with Gasteiger partial charge >= 0.3 is 0 Å². The summed E-state index contributed by atoms with van der Waals surface area (Å²) in [6, 6.07) is 13.6. The van der Waals surface area contributed by atoms with E-state index in [0.29, 0.717) is 22.6 Å². The van der Waals surface area contributed by atoms with E-state index in [4.69, 9.17) is 11.6 Å². The fourth-order valence-corrected chi connectivity index (χ4v) is 3.96. The monoisotopic (exact) mass is 392 g/mol. The standard InChI is InChI=1S/C18H17ClN2O4S/c19-14-5-3-4-13(12-14)8-9-20-26(24,25)11-10-21-17(22)15-6-1-2-7-16(15)18(21)23/h1-7,12,20H,8-11H2. The van der Waals surface area contributed by atoms with E-state index in [9.17, 15) is 18.0 Å². The Morgan fingerprint density at radius 3 is 2.23 bits per heavy atom. The first-order valence-corrected chi connectivity index (χ1v) is 10.1. The second-order valence-corrected chi connectivity index (χ2v) is 8.26. The fourth-order valence-electron chi connectivity index (χ4n) is 2.77. The van der Waals surface area contributed by atoms with E-state index < -0.39 is 21.8 Å². The van der Waals surface area contributed by atoms with Gasteiger partial charge in [-0.25, -0.2) is 13.1 Å². The molecular weight excluding hydrogens is 376 g/mol. The number of hydrogen-bond donors (Lipinski definition) is 1. The molecule has 6 nitrogen and oxygen atoms in total. The van der Waals surface area contributed by atoms with Crippen LogP contribution < -0.4 is 4.72 Å². The van der Waals surface area contributed by atoms with Crippen molar-refractivity contribution < 1.29 is 18.0 Å². The highest BCUT2D eigenvalue weighted by Crippen LogP contribution is 2.22. The number of sulfonamides is 1. The van der Waals surface area contributed by atoms with Crippen LogP contribution in [0.5, 0.6) is 0 Å². The van der Waals surface area contributed by atoms with Crippen molar-refractivity contribution in [2.24, 2.45) is 0 Å². The zero-order valence-electron chi connectivity index (χ0n) is 13.8. The third-order valence-corrected chi connectivity index (χ3v) is 5.69. The zero-order chi connectivity index (χ0) is 18.7. The maximum atomic E-state index is 12.2. The van der Waals surface area contributed by atoms with E-state index in [2.05, 4.69) is 4.72 Å². The van der Waals surface area contributed by atoms with E-state index >= 15 is 0 Å². The summed E-state index contributed by atoms with van der Waals surface area (Å²) in [5.41, 5.74) is 1.54. The van der Waals surface area contributed by atoms with Crippen LogP contribution in [0.15, 0.2) is 48.5 Å². The molecule has 3 rings (SSSR count). The van der Waals surface area contributed by atoms with E-state index in [-0.39, 0.29) is 18.8 Å². The average molecular weight is 393 g/mol. The van der Waals surface area contributed by atoms with Gasteiger partial charge in [0.15, 0.2) is 0 Å². The highest BCUT2D eigenvalue weighted by Gasteiger charge is 2.35. The Hall–Kier alpha value is -2.22. The summed E-state index contributed by atoms with van der Waals surface area (Å²) in [4.78, 5) is 25.4. The van der Waals surface area contributed by atoms with Gasteiger partial charge < -0.3 is 0 Å². The van der Waals surface area contributed by atoms with Gasteiger partial charge in [0.1, 0.15) is 0 Å². The van der Waals surface area contributed by atoms with Crippen molar-refractivity contribution in [3.8, 4) is 0 Å². The summed E-state index contributed by atoms with van der Waals surface area (Å²) in [5.74, 6) is -1.26. The predicted molar refractivity (Wildman–Crippen MR) is 98.8 cm³/mol. The Kier molecular flexibility index (Phi) is 5.41. The molecule has 2 amide bonds. The number of amides is 2. The predicted octanol–water partition coefficient (Wildman–Crippen LogP) is 2.10. The van der Waals surface area contributed by atoms with Crippen LogP contribution in [0.25, 0.3) is 0 Å². The van der Waals surface area contributed by atoms with Crippen LogP contribution in [0.4, 0.5) is 0 Å². The number of nitrogens with one attached hydrogen (secondary N) is 1. The number of hydrogen-bond acceptors (Lipinski definition) is 4. The fraction of sp³-hybridized carbons (Fsp3) is 0.222. The topological polar surface area (TPSA) is 83.6 Å². The van der Waals surface area contributed by atoms with Crippen molar-refractivity contribution >= 4 is 33.4 Å². The molecule has 0 spiro atoms. The van der Waals surface area contributed by atoms with Gasteiger partial charge in [0.25, 0.3) is 11.8 Å². The molecule has 0 aromatic heterocycles. The van der Waals surface area contributed by atoms with Crippen LogP contribution >= 0.6 is 11.6 Å². The average Bonchev–Trinajstić information content (AvgIpc) is 2.84. The van der Waals surface area contributed by atoms with Gasteiger partial charge in [-0.15, -0.1) is 0 Å². The maximum Gasteiger partial charge on any atom is 0.261 e. The highest BCUT2D eigenvalue weighted by atomic mass is 35.5. The minimum absolute atomic E-state index is 0.182. The molecule has 26 heavy (non-hydrogen) atoms. The van der Waals surface area contributed by atoms with Crippen molar-refractivity contribution in [1.82, 2.24) is 9.62 Å². The molecule has 1 heterocycles. The van der Waals surface area contributed by atoms with Crippen molar-refractivity contribution in [2.75, 3.05) is 18.8 Å². The van der Waals surface area contributed by atoms with Gasteiger partial charge in [-0.05, 0) is 36.2 Å². The Labute approximate surface area is 156 Å². The van der Waals surface area contributed by atoms with Crippen LogP contribution in [0, 0.1) is 0 Å². The lowest BCUT2D eigenvalue weighted by atomic mass is 10.1. The van der Waals surface area contributed by atoms with Crippen molar-refractivity contribution in [1.29, 1.82) is 0 Å². The molecule has 0 aliphatic carbocycles. The summed E-state index contributed by atoms with van der Waals surface area (Å²) >= 11 is 5.89. The van der Waals surface area contributed by atoms with Gasteiger partial charge in [-0.3, -0.25) is 14.5 Å². The molecule has 0 atom stereocenters. The minimum atomic E-state index is -3.61.